The Bertz CT molecular complexity index is 277. The summed E-state index contributed by atoms with van der Waals surface area (Å²) in [6.45, 7) is 0.552. The summed E-state index contributed by atoms with van der Waals surface area (Å²) in [5.74, 6) is -0.189. The minimum atomic E-state index is -0.827. The highest BCUT2D eigenvalue weighted by Crippen LogP contribution is 2.39. The van der Waals surface area contributed by atoms with Gasteiger partial charge in [-0.25, -0.2) is 9.69 Å². The maximum absolute atomic E-state index is 11.9. The number of hydrogen-bond acceptors (Lipinski definition) is 4. The average Bonchev–Trinajstić information content (AvgIpc) is 2.69. The first-order valence-electron chi connectivity index (χ1n) is 4.95. The highest BCUT2D eigenvalue weighted by atomic mass is 35.5. The second-order valence-corrected chi connectivity index (χ2v) is 3.81. The number of hydrogen-bond donors (Lipinski definition) is 1. The van der Waals surface area contributed by atoms with E-state index in [0.717, 1.165) is 17.7 Å². The summed E-state index contributed by atoms with van der Waals surface area (Å²) in [6, 6.07) is 0. The molecule has 0 aromatic carbocycles. The highest BCUT2D eigenvalue weighted by Gasteiger charge is 2.54. The van der Waals surface area contributed by atoms with Crippen molar-refractivity contribution in [1.29, 1.82) is 0 Å². The van der Waals surface area contributed by atoms with Crippen molar-refractivity contribution in [3.05, 3.63) is 0 Å². The predicted octanol–water partition coefficient (Wildman–Crippen LogP) is 0.658. The number of carbonyl (C=O) groups excluding carboxylic acids is 2. The first-order valence-corrected chi connectivity index (χ1v) is 4.95. The summed E-state index contributed by atoms with van der Waals surface area (Å²) in [5.41, 5.74) is 4.49. The lowest BCUT2D eigenvalue weighted by Crippen LogP contribution is -2.40. The van der Waals surface area contributed by atoms with E-state index in [0.29, 0.717) is 12.8 Å². The average molecular weight is 235 g/mol. The van der Waals surface area contributed by atoms with Gasteiger partial charge in [0.2, 0.25) is 0 Å². The lowest BCUT2D eigenvalue weighted by Gasteiger charge is -2.17. The summed E-state index contributed by atoms with van der Waals surface area (Å²) in [6.07, 6.45) is 2.71. The summed E-state index contributed by atoms with van der Waals surface area (Å²) >= 11 is 0. The second kappa shape index (κ2) is 4.37. The van der Waals surface area contributed by atoms with Crippen molar-refractivity contribution in [3.63, 3.8) is 0 Å². The van der Waals surface area contributed by atoms with Crippen molar-refractivity contribution in [1.82, 2.24) is 4.90 Å². The number of rotatable bonds is 2. The van der Waals surface area contributed by atoms with E-state index in [9.17, 15) is 9.59 Å². The molecular weight excluding hydrogens is 220 g/mol. The molecule has 86 valence electrons. The Kier molecular flexibility index (Phi) is 3.57. The van der Waals surface area contributed by atoms with Gasteiger partial charge in [-0.15, -0.1) is 12.4 Å². The molecule has 1 heterocycles. The molecule has 2 fully saturated rings. The molecule has 0 aromatic rings. The number of ether oxygens (including phenoxy) is 1. The molecule has 1 aliphatic heterocycles. The summed E-state index contributed by atoms with van der Waals surface area (Å²) in [5, 5.41) is 0. The highest BCUT2D eigenvalue weighted by molar-refractivity contribution is 6.03. The van der Waals surface area contributed by atoms with E-state index in [1.807, 2.05) is 0 Å². The first-order chi connectivity index (χ1) is 6.69. The Morgan fingerprint density at radius 2 is 1.93 bits per heavy atom. The number of nitrogens with two attached hydrogens (primary N) is 1. The quantitative estimate of drug-likeness (QED) is 0.762. The third kappa shape index (κ3) is 1.81. The molecule has 2 N–H and O–H groups in total. The van der Waals surface area contributed by atoms with E-state index in [2.05, 4.69) is 0 Å². The van der Waals surface area contributed by atoms with Gasteiger partial charge in [-0.2, -0.15) is 0 Å². The molecule has 5 nitrogen and oxygen atoms in total. The lowest BCUT2D eigenvalue weighted by molar-refractivity contribution is -0.136. The molecule has 1 aliphatic carbocycles. The van der Waals surface area contributed by atoms with Crippen LogP contribution in [0.15, 0.2) is 0 Å². The fourth-order valence-electron chi connectivity index (χ4n) is 2.18. The number of carbonyl (C=O) groups is 2. The standard InChI is InChI=1S/C9H14N2O3.ClH/c10-5-6-11-7(12)9(14-8(11)13)3-1-2-4-9;/h1-6,10H2;1H. The largest absolute Gasteiger partial charge is 0.432 e. The minimum absolute atomic E-state index is 0. The van der Waals surface area contributed by atoms with Gasteiger partial charge in [-0.1, -0.05) is 0 Å². The SMILES string of the molecule is Cl.NCCN1C(=O)OC2(CCCC2)C1=O. The van der Waals surface area contributed by atoms with E-state index in [4.69, 9.17) is 10.5 Å². The Balaban J connectivity index is 0.00000112. The molecule has 2 aliphatic rings. The van der Waals surface area contributed by atoms with Crippen LogP contribution in [0.3, 0.4) is 0 Å². The molecule has 1 saturated carbocycles. The smallest absolute Gasteiger partial charge is 0.417 e. The van der Waals surface area contributed by atoms with Gasteiger partial charge in [0, 0.05) is 13.1 Å². The molecule has 0 unspecified atom stereocenters. The van der Waals surface area contributed by atoms with E-state index in [-0.39, 0.29) is 31.4 Å². The number of imide groups is 1. The summed E-state index contributed by atoms with van der Waals surface area (Å²) in [4.78, 5) is 24.3. The van der Waals surface area contributed by atoms with Gasteiger partial charge in [0.25, 0.3) is 5.91 Å². The van der Waals surface area contributed by atoms with E-state index >= 15 is 0 Å². The van der Waals surface area contributed by atoms with Crippen LogP contribution in [0.1, 0.15) is 25.7 Å². The van der Waals surface area contributed by atoms with Crippen LogP contribution in [0.2, 0.25) is 0 Å². The zero-order valence-corrected chi connectivity index (χ0v) is 9.22. The fraction of sp³-hybridized carbons (Fsp3) is 0.778. The van der Waals surface area contributed by atoms with Crippen molar-refractivity contribution >= 4 is 24.4 Å². The number of amides is 2. The van der Waals surface area contributed by atoms with Gasteiger partial charge in [-0.05, 0) is 25.7 Å². The van der Waals surface area contributed by atoms with Crippen molar-refractivity contribution < 1.29 is 14.3 Å². The molecule has 2 rings (SSSR count). The first kappa shape index (κ1) is 12.3. The van der Waals surface area contributed by atoms with Gasteiger partial charge >= 0.3 is 6.09 Å². The molecule has 0 bridgehead atoms. The molecular formula is C9H15ClN2O3. The Hall–Kier alpha value is -0.810. The van der Waals surface area contributed by atoms with E-state index in [1.54, 1.807) is 0 Å². The summed E-state index contributed by atoms with van der Waals surface area (Å²) < 4.78 is 5.17. The van der Waals surface area contributed by atoms with E-state index < -0.39 is 11.7 Å². The van der Waals surface area contributed by atoms with Crippen LogP contribution >= 0.6 is 12.4 Å². The van der Waals surface area contributed by atoms with Crippen LogP contribution in [-0.4, -0.2) is 35.6 Å². The van der Waals surface area contributed by atoms with Gasteiger partial charge in [0.1, 0.15) is 0 Å². The fourth-order valence-corrected chi connectivity index (χ4v) is 2.18. The normalized spacial score (nSPS) is 23.1. The van der Waals surface area contributed by atoms with Crippen LogP contribution in [0.25, 0.3) is 0 Å². The Labute approximate surface area is 94.3 Å². The van der Waals surface area contributed by atoms with Gasteiger partial charge < -0.3 is 10.5 Å². The van der Waals surface area contributed by atoms with E-state index in [1.165, 1.54) is 0 Å². The van der Waals surface area contributed by atoms with Crippen LogP contribution in [0.5, 0.6) is 0 Å². The minimum Gasteiger partial charge on any atom is -0.432 e. The molecule has 6 heteroatoms. The zero-order valence-electron chi connectivity index (χ0n) is 8.40. The summed E-state index contributed by atoms with van der Waals surface area (Å²) in [7, 11) is 0. The van der Waals surface area contributed by atoms with Crippen LogP contribution in [0.4, 0.5) is 4.79 Å². The van der Waals surface area contributed by atoms with Gasteiger partial charge in [-0.3, -0.25) is 4.79 Å². The molecule has 0 atom stereocenters. The number of nitrogens with zero attached hydrogens (tertiary/aromatic N) is 1. The van der Waals surface area contributed by atoms with Crippen LogP contribution in [0, 0.1) is 0 Å². The van der Waals surface area contributed by atoms with Crippen molar-refractivity contribution in [2.24, 2.45) is 5.73 Å². The third-order valence-corrected chi connectivity index (χ3v) is 2.90. The Morgan fingerprint density at radius 1 is 1.33 bits per heavy atom. The monoisotopic (exact) mass is 234 g/mol. The zero-order chi connectivity index (χ0) is 10.2. The number of halogens is 1. The molecule has 2 amide bonds. The third-order valence-electron chi connectivity index (χ3n) is 2.90. The van der Waals surface area contributed by atoms with Gasteiger partial charge in [0.15, 0.2) is 5.60 Å². The van der Waals surface area contributed by atoms with Crippen molar-refractivity contribution in [2.45, 2.75) is 31.3 Å². The van der Waals surface area contributed by atoms with Crippen LogP contribution < -0.4 is 5.73 Å². The molecule has 15 heavy (non-hydrogen) atoms. The topological polar surface area (TPSA) is 72.6 Å². The molecule has 1 saturated heterocycles. The van der Waals surface area contributed by atoms with Crippen molar-refractivity contribution in [2.75, 3.05) is 13.1 Å². The predicted molar refractivity (Wildman–Crippen MR) is 55.7 cm³/mol. The maximum atomic E-state index is 11.9. The molecule has 1 spiro atoms. The van der Waals surface area contributed by atoms with Crippen LogP contribution in [-0.2, 0) is 9.53 Å². The molecule has 0 radical (unpaired) electrons. The van der Waals surface area contributed by atoms with Crippen molar-refractivity contribution in [3.8, 4) is 0 Å². The Morgan fingerprint density at radius 3 is 2.47 bits per heavy atom. The second-order valence-electron chi connectivity index (χ2n) is 3.81. The molecule has 0 aromatic heterocycles. The van der Waals surface area contributed by atoms with Gasteiger partial charge in [0.05, 0.1) is 0 Å². The maximum Gasteiger partial charge on any atom is 0.417 e. The lowest BCUT2D eigenvalue weighted by atomic mass is 10.0.